The Morgan fingerprint density at radius 2 is 1.90 bits per heavy atom. The van der Waals surface area contributed by atoms with Crippen LogP contribution in [0.4, 0.5) is 8.78 Å². The van der Waals surface area contributed by atoms with Crippen LogP contribution in [0.25, 0.3) is 0 Å². The molecule has 0 fully saturated rings. The summed E-state index contributed by atoms with van der Waals surface area (Å²) >= 11 is 11.6. The minimum atomic E-state index is -0.796. The lowest BCUT2D eigenvalue weighted by atomic mass is 10.2. The van der Waals surface area contributed by atoms with Gasteiger partial charge in [-0.05, 0) is 24.6 Å². The van der Waals surface area contributed by atoms with Gasteiger partial charge in [0.1, 0.15) is 6.61 Å². The van der Waals surface area contributed by atoms with Crippen molar-refractivity contribution in [1.29, 1.82) is 0 Å². The first-order chi connectivity index (χ1) is 9.43. The van der Waals surface area contributed by atoms with Crippen molar-refractivity contribution in [2.45, 2.75) is 19.4 Å². The van der Waals surface area contributed by atoms with Gasteiger partial charge in [0.25, 0.3) is 0 Å². The Morgan fingerprint density at radius 3 is 2.35 bits per heavy atom. The van der Waals surface area contributed by atoms with Crippen LogP contribution in [-0.2, 0) is 19.5 Å². The fourth-order valence-corrected chi connectivity index (χ4v) is 2.17. The van der Waals surface area contributed by atoms with Crippen molar-refractivity contribution in [3.63, 3.8) is 0 Å². The summed E-state index contributed by atoms with van der Waals surface area (Å²) in [4.78, 5) is 0. The third-order valence-electron chi connectivity index (χ3n) is 2.83. The molecule has 0 atom stereocenters. The van der Waals surface area contributed by atoms with Gasteiger partial charge in [0.05, 0.1) is 16.4 Å². The van der Waals surface area contributed by atoms with Crippen LogP contribution in [0.1, 0.15) is 17.0 Å². The molecule has 1 aromatic heterocycles. The van der Waals surface area contributed by atoms with E-state index in [-0.39, 0.29) is 12.5 Å². The minimum absolute atomic E-state index is 0.0286. The lowest BCUT2D eigenvalue weighted by molar-refractivity contribution is 0.265. The van der Waals surface area contributed by atoms with Crippen LogP contribution in [0.15, 0.2) is 12.1 Å². The summed E-state index contributed by atoms with van der Waals surface area (Å²) in [6.07, 6.45) is 0. The maximum absolute atomic E-state index is 13.7. The Balaban J connectivity index is 2.23. The van der Waals surface area contributed by atoms with Crippen molar-refractivity contribution >= 4 is 23.2 Å². The third-order valence-corrected chi connectivity index (χ3v) is 3.63. The Hall–Kier alpha value is -1.33. The van der Waals surface area contributed by atoms with Crippen LogP contribution in [-0.4, -0.2) is 9.78 Å². The molecular weight excluding hydrogens is 309 g/mol. The molecule has 7 heteroatoms. The Morgan fingerprint density at radius 1 is 1.30 bits per heavy atom. The summed E-state index contributed by atoms with van der Waals surface area (Å²) in [5.41, 5.74) is 1.53. The van der Waals surface area contributed by atoms with E-state index in [4.69, 9.17) is 27.9 Å². The maximum atomic E-state index is 13.7. The van der Waals surface area contributed by atoms with Crippen molar-refractivity contribution in [3.05, 3.63) is 45.7 Å². The summed E-state index contributed by atoms with van der Waals surface area (Å²) in [5.74, 6) is -2.01. The second-order valence-electron chi connectivity index (χ2n) is 4.28. The van der Waals surface area contributed by atoms with Crippen LogP contribution in [0, 0.1) is 18.6 Å². The monoisotopic (exact) mass is 320 g/mol. The summed E-state index contributed by atoms with van der Waals surface area (Å²) in [6, 6.07) is 2.28. The molecule has 0 amide bonds. The molecule has 3 nitrogen and oxygen atoms in total. The number of aromatic nitrogens is 2. The van der Waals surface area contributed by atoms with Crippen LogP contribution in [0.3, 0.4) is 0 Å². The highest BCUT2D eigenvalue weighted by molar-refractivity contribution is 6.31. The third kappa shape index (κ3) is 2.88. The van der Waals surface area contributed by atoms with Gasteiger partial charge in [-0.1, -0.05) is 11.6 Å². The second-order valence-corrected chi connectivity index (χ2v) is 4.93. The average Bonchev–Trinajstić information content (AvgIpc) is 2.63. The van der Waals surface area contributed by atoms with Gasteiger partial charge in [-0.15, -0.1) is 11.6 Å². The van der Waals surface area contributed by atoms with Gasteiger partial charge < -0.3 is 4.74 Å². The van der Waals surface area contributed by atoms with Crippen molar-refractivity contribution < 1.29 is 13.5 Å². The number of hydrogen-bond acceptors (Lipinski definition) is 2. The molecule has 2 rings (SSSR count). The predicted molar refractivity (Wildman–Crippen MR) is 73.2 cm³/mol. The van der Waals surface area contributed by atoms with Crippen LogP contribution in [0.5, 0.6) is 5.75 Å². The van der Waals surface area contributed by atoms with E-state index in [2.05, 4.69) is 5.10 Å². The highest BCUT2D eigenvalue weighted by Crippen LogP contribution is 2.27. The van der Waals surface area contributed by atoms with Gasteiger partial charge in [0.15, 0.2) is 17.4 Å². The fraction of sp³-hybridized carbons (Fsp3) is 0.308. The molecule has 0 aliphatic rings. The molecule has 0 unspecified atom stereocenters. The number of hydrogen-bond donors (Lipinski definition) is 0. The first-order valence-electron chi connectivity index (χ1n) is 5.78. The van der Waals surface area contributed by atoms with Crippen LogP contribution in [0.2, 0.25) is 5.02 Å². The van der Waals surface area contributed by atoms with Crippen molar-refractivity contribution in [3.8, 4) is 5.75 Å². The van der Waals surface area contributed by atoms with Gasteiger partial charge in [0.2, 0.25) is 0 Å². The molecule has 1 heterocycles. The lowest BCUT2D eigenvalue weighted by Gasteiger charge is -2.10. The number of nitrogens with zero attached hydrogens (tertiary/aromatic N) is 2. The fourth-order valence-electron chi connectivity index (χ4n) is 1.80. The molecule has 0 saturated carbocycles. The molecule has 0 N–H and O–H groups in total. The first kappa shape index (κ1) is 15.1. The summed E-state index contributed by atoms with van der Waals surface area (Å²) < 4.78 is 34.2. The summed E-state index contributed by atoms with van der Waals surface area (Å²) in [6.45, 7) is 1.66. The van der Waals surface area contributed by atoms with E-state index in [0.29, 0.717) is 22.0 Å². The number of halogens is 4. The molecule has 108 valence electrons. The van der Waals surface area contributed by atoms with Gasteiger partial charge in [-0.3, -0.25) is 4.68 Å². The van der Waals surface area contributed by atoms with E-state index in [1.807, 2.05) is 0 Å². The smallest absolute Gasteiger partial charge is 0.191 e. The predicted octanol–water partition coefficient (Wildman–Crippen LogP) is 3.98. The van der Waals surface area contributed by atoms with E-state index in [0.717, 1.165) is 12.1 Å². The lowest BCUT2D eigenvalue weighted by Crippen LogP contribution is -2.06. The van der Waals surface area contributed by atoms with Crippen LogP contribution >= 0.6 is 23.2 Å². The molecule has 0 saturated heterocycles. The molecular formula is C13H12Cl2F2N2O. The maximum Gasteiger partial charge on any atom is 0.191 e. The molecule has 1 aromatic carbocycles. The molecule has 0 radical (unpaired) electrons. The van der Waals surface area contributed by atoms with E-state index < -0.39 is 17.4 Å². The number of alkyl halides is 1. The molecule has 0 spiro atoms. The minimum Gasteiger partial charge on any atom is -0.481 e. The highest BCUT2D eigenvalue weighted by atomic mass is 35.5. The summed E-state index contributed by atoms with van der Waals surface area (Å²) in [5, 5.41) is 4.52. The number of ether oxygens (including phenoxy) is 1. The van der Waals surface area contributed by atoms with E-state index in [9.17, 15) is 8.78 Å². The normalized spacial score (nSPS) is 10.9. The van der Waals surface area contributed by atoms with Gasteiger partial charge in [0, 0.05) is 12.9 Å². The van der Waals surface area contributed by atoms with Crippen molar-refractivity contribution in [2.75, 3.05) is 0 Å². The zero-order chi connectivity index (χ0) is 14.9. The Bertz CT molecular complexity index is 621. The standard InChI is InChI=1S/C13H12Cl2F2N2O/c1-7-12(15)11(19(2)18-7)6-20-13-9(16)3-8(5-14)4-10(13)17/h3-4H,5-6H2,1-2H3. The van der Waals surface area contributed by atoms with Crippen molar-refractivity contribution in [2.24, 2.45) is 7.05 Å². The average molecular weight is 321 g/mol. The molecule has 0 aliphatic heterocycles. The number of rotatable bonds is 4. The zero-order valence-corrected chi connectivity index (χ0v) is 12.4. The van der Waals surface area contributed by atoms with Gasteiger partial charge in [-0.25, -0.2) is 8.78 Å². The Labute approximate surface area is 125 Å². The van der Waals surface area contributed by atoms with Crippen LogP contribution < -0.4 is 4.74 Å². The first-order valence-corrected chi connectivity index (χ1v) is 6.70. The van der Waals surface area contributed by atoms with Gasteiger partial charge >= 0.3 is 0 Å². The molecule has 2 aromatic rings. The Kier molecular flexibility index (Phi) is 4.50. The zero-order valence-electron chi connectivity index (χ0n) is 10.9. The SMILES string of the molecule is Cc1nn(C)c(COc2c(F)cc(CCl)cc2F)c1Cl. The quantitative estimate of drug-likeness (QED) is 0.797. The highest BCUT2D eigenvalue weighted by Gasteiger charge is 2.16. The van der Waals surface area contributed by atoms with Gasteiger partial charge in [-0.2, -0.15) is 5.10 Å². The molecule has 0 bridgehead atoms. The molecule has 0 aliphatic carbocycles. The van der Waals surface area contributed by atoms with E-state index in [1.54, 1.807) is 14.0 Å². The van der Waals surface area contributed by atoms with E-state index in [1.165, 1.54) is 4.68 Å². The van der Waals surface area contributed by atoms with E-state index >= 15 is 0 Å². The van der Waals surface area contributed by atoms with Crippen molar-refractivity contribution in [1.82, 2.24) is 9.78 Å². The molecule has 20 heavy (non-hydrogen) atoms. The largest absolute Gasteiger partial charge is 0.481 e. The summed E-state index contributed by atoms with van der Waals surface area (Å²) in [7, 11) is 1.68. The number of aryl methyl sites for hydroxylation is 2. The topological polar surface area (TPSA) is 27.1 Å². The second kappa shape index (κ2) is 5.97. The number of benzene rings is 1.